The summed E-state index contributed by atoms with van der Waals surface area (Å²) in [6.45, 7) is 0. The number of rotatable bonds is 4. The van der Waals surface area contributed by atoms with Gasteiger partial charge in [-0.05, 0) is 23.1 Å². The minimum absolute atomic E-state index is 0.290. The first-order valence-electron chi connectivity index (χ1n) is 5.90. The summed E-state index contributed by atoms with van der Waals surface area (Å²) in [5, 5.41) is 4.88. The van der Waals surface area contributed by atoms with E-state index in [1.165, 1.54) is 24.5 Å². The number of carbonyl (C=O) groups is 2. The highest BCUT2D eigenvalue weighted by molar-refractivity contribution is 7.14. The molecule has 0 radical (unpaired) electrons. The fourth-order valence-electron chi connectivity index (χ4n) is 1.57. The Hall–Kier alpha value is -2.40. The van der Waals surface area contributed by atoms with Crippen LogP contribution in [0.25, 0.3) is 6.08 Å². The van der Waals surface area contributed by atoms with Crippen molar-refractivity contribution in [3.05, 3.63) is 59.0 Å². The number of methoxy groups -OCH3 is 1. The Morgan fingerprint density at radius 1 is 1.20 bits per heavy atom. The monoisotopic (exact) mass is 287 g/mol. The number of amides is 1. The minimum atomic E-state index is -0.464. The van der Waals surface area contributed by atoms with E-state index in [1.54, 1.807) is 17.5 Å². The lowest BCUT2D eigenvalue weighted by Gasteiger charge is -2.02. The van der Waals surface area contributed by atoms with Crippen LogP contribution in [0.15, 0.2) is 47.9 Å². The van der Waals surface area contributed by atoms with Crippen LogP contribution in [0, 0.1) is 0 Å². The second kappa shape index (κ2) is 6.68. The van der Waals surface area contributed by atoms with Crippen molar-refractivity contribution in [3.8, 4) is 0 Å². The predicted molar refractivity (Wildman–Crippen MR) is 79.8 cm³/mol. The van der Waals surface area contributed by atoms with Gasteiger partial charge in [0.2, 0.25) is 5.91 Å². The van der Waals surface area contributed by atoms with Crippen LogP contribution < -0.4 is 5.32 Å². The van der Waals surface area contributed by atoms with Crippen molar-refractivity contribution in [1.82, 2.24) is 0 Å². The van der Waals surface area contributed by atoms with Crippen LogP contribution in [-0.4, -0.2) is 19.0 Å². The van der Waals surface area contributed by atoms with Crippen LogP contribution in [-0.2, 0) is 9.53 Å². The molecule has 4 nitrogen and oxygen atoms in total. The first-order chi connectivity index (χ1) is 9.70. The fraction of sp³-hybridized carbons (Fsp3) is 0.0667. The number of hydrogen-bond donors (Lipinski definition) is 1. The Bertz CT molecular complexity index is 632. The first kappa shape index (κ1) is 14.0. The van der Waals surface area contributed by atoms with E-state index < -0.39 is 5.97 Å². The van der Waals surface area contributed by atoms with Crippen molar-refractivity contribution in [3.63, 3.8) is 0 Å². The third-order valence-corrected chi connectivity index (χ3v) is 3.36. The Kier molecular flexibility index (Phi) is 4.68. The number of benzene rings is 1. The lowest BCUT2D eigenvalue weighted by molar-refractivity contribution is -0.111. The van der Waals surface area contributed by atoms with Gasteiger partial charge in [-0.2, -0.15) is 0 Å². The molecule has 2 rings (SSSR count). The Morgan fingerprint density at radius 3 is 2.65 bits per heavy atom. The molecule has 0 aliphatic heterocycles. The van der Waals surface area contributed by atoms with Crippen LogP contribution >= 0.6 is 11.3 Å². The molecule has 1 aromatic carbocycles. The summed E-state index contributed by atoms with van der Waals surface area (Å²) in [5.74, 6) is -0.755. The van der Waals surface area contributed by atoms with Gasteiger partial charge in [0.15, 0.2) is 0 Å². The smallest absolute Gasteiger partial charge is 0.340 e. The molecule has 2 aromatic rings. The number of thiophene rings is 1. The molecule has 0 fully saturated rings. The van der Waals surface area contributed by atoms with E-state index in [0.29, 0.717) is 10.6 Å². The summed E-state index contributed by atoms with van der Waals surface area (Å²) in [6.07, 6.45) is 3.14. The van der Waals surface area contributed by atoms with Crippen LogP contribution in [0.5, 0.6) is 0 Å². The zero-order chi connectivity index (χ0) is 14.4. The van der Waals surface area contributed by atoms with Crippen LogP contribution in [0.3, 0.4) is 0 Å². The maximum Gasteiger partial charge on any atom is 0.340 e. The highest BCUT2D eigenvalue weighted by Crippen LogP contribution is 2.23. The van der Waals surface area contributed by atoms with Crippen LogP contribution in [0.1, 0.15) is 15.9 Å². The molecule has 1 N–H and O–H groups in total. The predicted octanol–water partition coefficient (Wildman–Crippen LogP) is 3.19. The van der Waals surface area contributed by atoms with Crippen molar-refractivity contribution in [1.29, 1.82) is 0 Å². The van der Waals surface area contributed by atoms with E-state index in [9.17, 15) is 9.59 Å². The molecule has 5 heteroatoms. The summed E-state index contributed by atoms with van der Waals surface area (Å²) in [5.41, 5.74) is 1.29. The van der Waals surface area contributed by atoms with Gasteiger partial charge in [-0.1, -0.05) is 30.3 Å². The van der Waals surface area contributed by atoms with Crippen molar-refractivity contribution in [2.45, 2.75) is 0 Å². The molecule has 0 spiro atoms. The van der Waals surface area contributed by atoms with E-state index >= 15 is 0 Å². The lowest BCUT2D eigenvalue weighted by atomic mass is 10.2. The number of carbonyl (C=O) groups excluding carboxylic acids is 2. The molecule has 0 saturated carbocycles. The maximum atomic E-state index is 11.8. The summed E-state index contributed by atoms with van der Waals surface area (Å²) >= 11 is 1.28. The SMILES string of the molecule is COC(=O)c1ccsc1NC(=O)/C=C/c1ccccc1. The second-order valence-electron chi connectivity index (χ2n) is 3.89. The van der Waals surface area contributed by atoms with Gasteiger partial charge in [-0.25, -0.2) is 4.79 Å². The third-order valence-electron chi connectivity index (χ3n) is 2.53. The lowest BCUT2D eigenvalue weighted by Crippen LogP contribution is -2.10. The second-order valence-corrected chi connectivity index (χ2v) is 4.80. The number of ether oxygens (including phenoxy) is 1. The number of esters is 1. The number of anilines is 1. The average molecular weight is 287 g/mol. The molecule has 1 heterocycles. The minimum Gasteiger partial charge on any atom is -0.465 e. The number of nitrogens with one attached hydrogen (secondary N) is 1. The fourth-order valence-corrected chi connectivity index (χ4v) is 2.34. The van der Waals surface area contributed by atoms with Gasteiger partial charge >= 0.3 is 5.97 Å². The normalized spacial score (nSPS) is 10.4. The molecule has 0 saturated heterocycles. The highest BCUT2D eigenvalue weighted by Gasteiger charge is 2.14. The summed E-state index contributed by atoms with van der Waals surface area (Å²) in [7, 11) is 1.31. The van der Waals surface area contributed by atoms with Crippen LogP contribution in [0.2, 0.25) is 0 Å². The molecule has 0 bridgehead atoms. The van der Waals surface area contributed by atoms with Crippen molar-refractivity contribution in [2.24, 2.45) is 0 Å². The van der Waals surface area contributed by atoms with Gasteiger partial charge in [0.1, 0.15) is 5.00 Å². The molecule has 20 heavy (non-hydrogen) atoms. The topological polar surface area (TPSA) is 55.4 Å². The molecule has 1 aromatic heterocycles. The molecular formula is C15H13NO3S. The molecule has 0 atom stereocenters. The Labute approximate surface area is 120 Å². The number of hydrogen-bond acceptors (Lipinski definition) is 4. The molecule has 0 aliphatic carbocycles. The van der Waals surface area contributed by atoms with Gasteiger partial charge in [0, 0.05) is 6.08 Å². The summed E-state index contributed by atoms with van der Waals surface area (Å²) in [6, 6.07) is 11.1. The Balaban J connectivity index is 2.04. The molecule has 0 aliphatic rings. The molecule has 102 valence electrons. The van der Waals surface area contributed by atoms with Gasteiger partial charge in [0.05, 0.1) is 12.7 Å². The standard InChI is InChI=1S/C15H13NO3S/c1-19-15(18)12-9-10-20-14(12)16-13(17)8-7-11-5-3-2-4-6-11/h2-10H,1H3,(H,16,17)/b8-7+. The zero-order valence-corrected chi connectivity index (χ0v) is 11.6. The molecule has 1 amide bonds. The van der Waals surface area contributed by atoms with Gasteiger partial charge in [-0.15, -0.1) is 11.3 Å². The van der Waals surface area contributed by atoms with Gasteiger partial charge in [-0.3, -0.25) is 4.79 Å². The molecule has 0 unspecified atom stereocenters. The molecular weight excluding hydrogens is 274 g/mol. The van der Waals surface area contributed by atoms with Crippen LogP contribution in [0.4, 0.5) is 5.00 Å². The van der Waals surface area contributed by atoms with Crippen molar-refractivity contribution < 1.29 is 14.3 Å². The maximum absolute atomic E-state index is 11.8. The highest BCUT2D eigenvalue weighted by atomic mass is 32.1. The van der Waals surface area contributed by atoms with E-state index in [-0.39, 0.29) is 5.91 Å². The largest absolute Gasteiger partial charge is 0.465 e. The summed E-state index contributed by atoms with van der Waals surface area (Å²) < 4.78 is 4.64. The zero-order valence-electron chi connectivity index (χ0n) is 10.8. The van der Waals surface area contributed by atoms with E-state index in [2.05, 4.69) is 10.1 Å². The first-order valence-corrected chi connectivity index (χ1v) is 6.78. The summed E-state index contributed by atoms with van der Waals surface area (Å²) in [4.78, 5) is 23.3. The van der Waals surface area contributed by atoms with Crippen molar-refractivity contribution in [2.75, 3.05) is 12.4 Å². The van der Waals surface area contributed by atoms with Gasteiger partial charge in [0.25, 0.3) is 0 Å². The third kappa shape index (κ3) is 3.55. The van der Waals surface area contributed by atoms with Gasteiger partial charge < -0.3 is 10.1 Å². The average Bonchev–Trinajstić information content (AvgIpc) is 2.93. The van der Waals surface area contributed by atoms with E-state index in [4.69, 9.17) is 0 Å². The van der Waals surface area contributed by atoms with Crippen molar-refractivity contribution >= 4 is 34.3 Å². The quantitative estimate of drug-likeness (QED) is 0.694. The van der Waals surface area contributed by atoms with E-state index in [0.717, 1.165) is 5.56 Å². The Morgan fingerprint density at radius 2 is 1.95 bits per heavy atom. The van der Waals surface area contributed by atoms with E-state index in [1.807, 2.05) is 30.3 Å².